The molecule has 0 amide bonds. The summed E-state index contributed by atoms with van der Waals surface area (Å²) in [6, 6.07) is 4.85. The maximum Gasteiger partial charge on any atom is 0.0561 e. The Balaban J connectivity index is 2.37. The average molecular weight is 254 g/mol. The molecule has 0 bridgehead atoms. The van der Waals surface area contributed by atoms with Crippen LogP contribution in [0, 0.1) is 5.41 Å². The van der Waals surface area contributed by atoms with Gasteiger partial charge < -0.3 is 10.2 Å². The van der Waals surface area contributed by atoms with Gasteiger partial charge in [0.05, 0.1) is 6.04 Å². The van der Waals surface area contributed by atoms with Crippen molar-refractivity contribution < 1.29 is 0 Å². The predicted octanol–water partition coefficient (Wildman–Crippen LogP) is 3.38. The number of thiophene rings is 1. The molecule has 2 nitrogen and oxygen atoms in total. The molecule has 0 radical (unpaired) electrons. The lowest BCUT2D eigenvalue weighted by Crippen LogP contribution is -2.32. The van der Waals surface area contributed by atoms with Gasteiger partial charge in [0, 0.05) is 11.4 Å². The van der Waals surface area contributed by atoms with Crippen LogP contribution in [0.1, 0.15) is 38.1 Å². The fourth-order valence-corrected chi connectivity index (χ4v) is 2.64. The molecule has 3 heteroatoms. The van der Waals surface area contributed by atoms with E-state index < -0.39 is 0 Å². The van der Waals surface area contributed by atoms with Gasteiger partial charge in [0.15, 0.2) is 0 Å². The Bertz CT molecular complexity index is 299. The number of nitrogens with zero attached hydrogens (tertiary/aromatic N) is 1. The highest BCUT2D eigenvalue weighted by atomic mass is 32.1. The zero-order chi connectivity index (χ0) is 12.9. The summed E-state index contributed by atoms with van der Waals surface area (Å²) in [4.78, 5) is 3.73. The molecule has 17 heavy (non-hydrogen) atoms. The quantitative estimate of drug-likeness (QED) is 0.783. The highest BCUT2D eigenvalue weighted by Crippen LogP contribution is 2.22. The average Bonchev–Trinajstić information content (AvgIpc) is 2.68. The summed E-state index contributed by atoms with van der Waals surface area (Å²) in [5.74, 6) is 0. The van der Waals surface area contributed by atoms with Crippen molar-refractivity contribution in [3.63, 3.8) is 0 Å². The molecule has 0 fully saturated rings. The fourth-order valence-electron chi connectivity index (χ4n) is 1.72. The van der Waals surface area contributed by atoms with E-state index in [0.717, 1.165) is 13.1 Å². The Kier molecular flexibility index (Phi) is 5.63. The summed E-state index contributed by atoms with van der Waals surface area (Å²) < 4.78 is 0. The lowest BCUT2D eigenvalue weighted by Gasteiger charge is -2.25. The predicted molar refractivity (Wildman–Crippen MR) is 77.7 cm³/mol. The standard InChI is InChI=1S/C14H26N2S/c1-14(2,3)8-9-15-11-12(16(4)5)13-7-6-10-17-13/h6-7,10,12,15H,8-9,11H2,1-5H3. The molecule has 1 atom stereocenters. The second-order valence-corrected chi connectivity index (χ2v) is 6.99. The summed E-state index contributed by atoms with van der Waals surface area (Å²) in [7, 11) is 4.30. The Morgan fingerprint density at radius 3 is 2.53 bits per heavy atom. The van der Waals surface area contributed by atoms with Crippen molar-refractivity contribution in [2.24, 2.45) is 5.41 Å². The first-order valence-corrected chi connectivity index (χ1v) is 7.19. The Morgan fingerprint density at radius 2 is 2.06 bits per heavy atom. The van der Waals surface area contributed by atoms with Gasteiger partial charge in [0.1, 0.15) is 0 Å². The first kappa shape index (κ1) is 14.7. The van der Waals surface area contributed by atoms with Gasteiger partial charge in [0.2, 0.25) is 0 Å². The minimum Gasteiger partial charge on any atom is -0.315 e. The molecule has 1 aromatic heterocycles. The van der Waals surface area contributed by atoms with Crippen molar-refractivity contribution in [3.8, 4) is 0 Å². The van der Waals surface area contributed by atoms with Gasteiger partial charge in [-0.05, 0) is 43.9 Å². The minimum absolute atomic E-state index is 0.420. The topological polar surface area (TPSA) is 15.3 Å². The number of hydrogen-bond acceptors (Lipinski definition) is 3. The largest absolute Gasteiger partial charge is 0.315 e. The van der Waals surface area contributed by atoms with Crippen molar-refractivity contribution in [2.75, 3.05) is 27.2 Å². The van der Waals surface area contributed by atoms with E-state index in [1.165, 1.54) is 11.3 Å². The van der Waals surface area contributed by atoms with E-state index in [9.17, 15) is 0 Å². The molecule has 0 aliphatic heterocycles. The summed E-state index contributed by atoms with van der Waals surface area (Å²) >= 11 is 1.84. The second-order valence-electron chi connectivity index (χ2n) is 6.01. The van der Waals surface area contributed by atoms with Gasteiger partial charge in [-0.15, -0.1) is 11.3 Å². The fraction of sp³-hybridized carbons (Fsp3) is 0.714. The number of hydrogen-bond donors (Lipinski definition) is 1. The molecule has 1 aromatic rings. The van der Waals surface area contributed by atoms with E-state index in [4.69, 9.17) is 0 Å². The number of likely N-dealkylation sites (N-methyl/N-ethyl adjacent to an activating group) is 1. The van der Waals surface area contributed by atoms with E-state index in [1.807, 2.05) is 11.3 Å². The van der Waals surface area contributed by atoms with Gasteiger partial charge in [-0.1, -0.05) is 26.8 Å². The summed E-state index contributed by atoms with van der Waals surface area (Å²) in [6.45, 7) is 8.99. The molecule has 0 aliphatic carbocycles. The van der Waals surface area contributed by atoms with Gasteiger partial charge in [-0.3, -0.25) is 0 Å². The van der Waals surface area contributed by atoms with Crippen LogP contribution in [0.2, 0.25) is 0 Å². The third-order valence-electron chi connectivity index (χ3n) is 2.88. The smallest absolute Gasteiger partial charge is 0.0561 e. The van der Waals surface area contributed by atoms with Crippen LogP contribution in [-0.2, 0) is 0 Å². The highest BCUT2D eigenvalue weighted by molar-refractivity contribution is 7.10. The third-order valence-corrected chi connectivity index (χ3v) is 3.86. The Labute approximate surface area is 110 Å². The molecule has 1 unspecified atom stereocenters. The van der Waals surface area contributed by atoms with Crippen molar-refractivity contribution in [2.45, 2.75) is 33.2 Å². The molecule has 0 saturated heterocycles. The van der Waals surface area contributed by atoms with Crippen LogP contribution in [0.5, 0.6) is 0 Å². The van der Waals surface area contributed by atoms with Crippen LogP contribution >= 0.6 is 11.3 Å². The van der Waals surface area contributed by atoms with Gasteiger partial charge in [-0.25, -0.2) is 0 Å². The summed E-state index contributed by atoms with van der Waals surface area (Å²) in [5.41, 5.74) is 0.420. The van der Waals surface area contributed by atoms with Crippen LogP contribution < -0.4 is 5.32 Å². The molecule has 1 N–H and O–H groups in total. The van der Waals surface area contributed by atoms with E-state index in [0.29, 0.717) is 11.5 Å². The molecular weight excluding hydrogens is 228 g/mol. The van der Waals surface area contributed by atoms with Gasteiger partial charge in [0.25, 0.3) is 0 Å². The molecule has 0 saturated carbocycles. The van der Waals surface area contributed by atoms with Crippen LogP contribution in [-0.4, -0.2) is 32.1 Å². The zero-order valence-electron chi connectivity index (χ0n) is 11.8. The molecule has 1 rings (SSSR count). The van der Waals surface area contributed by atoms with Gasteiger partial charge in [-0.2, -0.15) is 0 Å². The van der Waals surface area contributed by atoms with Crippen LogP contribution in [0.3, 0.4) is 0 Å². The normalized spacial score (nSPS) is 14.2. The lowest BCUT2D eigenvalue weighted by molar-refractivity contribution is 0.284. The second kappa shape index (κ2) is 6.53. The molecule has 1 heterocycles. The van der Waals surface area contributed by atoms with E-state index in [2.05, 4.69) is 62.6 Å². The molecule has 0 spiro atoms. The zero-order valence-corrected chi connectivity index (χ0v) is 12.6. The minimum atomic E-state index is 0.420. The van der Waals surface area contributed by atoms with Crippen molar-refractivity contribution >= 4 is 11.3 Å². The van der Waals surface area contributed by atoms with Crippen molar-refractivity contribution in [1.82, 2.24) is 10.2 Å². The SMILES string of the molecule is CN(C)C(CNCCC(C)(C)C)c1cccs1. The first-order chi connectivity index (χ1) is 7.90. The number of rotatable bonds is 6. The maximum absolute atomic E-state index is 3.58. The van der Waals surface area contributed by atoms with E-state index in [-0.39, 0.29) is 0 Å². The summed E-state index contributed by atoms with van der Waals surface area (Å²) in [5, 5.41) is 5.73. The summed E-state index contributed by atoms with van der Waals surface area (Å²) in [6.07, 6.45) is 1.22. The lowest BCUT2D eigenvalue weighted by atomic mass is 9.92. The molecule has 0 aromatic carbocycles. The first-order valence-electron chi connectivity index (χ1n) is 6.31. The van der Waals surface area contributed by atoms with Crippen molar-refractivity contribution in [3.05, 3.63) is 22.4 Å². The highest BCUT2D eigenvalue weighted by Gasteiger charge is 2.15. The number of nitrogens with one attached hydrogen (secondary N) is 1. The monoisotopic (exact) mass is 254 g/mol. The molecule has 98 valence electrons. The van der Waals surface area contributed by atoms with Crippen LogP contribution in [0.15, 0.2) is 17.5 Å². The van der Waals surface area contributed by atoms with Crippen molar-refractivity contribution in [1.29, 1.82) is 0 Å². The Hall–Kier alpha value is -0.380. The van der Waals surface area contributed by atoms with E-state index in [1.54, 1.807) is 0 Å². The van der Waals surface area contributed by atoms with Crippen LogP contribution in [0.25, 0.3) is 0 Å². The maximum atomic E-state index is 3.58. The third kappa shape index (κ3) is 5.66. The van der Waals surface area contributed by atoms with E-state index >= 15 is 0 Å². The van der Waals surface area contributed by atoms with Crippen LogP contribution in [0.4, 0.5) is 0 Å². The van der Waals surface area contributed by atoms with Gasteiger partial charge >= 0.3 is 0 Å². The molecular formula is C14H26N2S. The Morgan fingerprint density at radius 1 is 1.35 bits per heavy atom. The molecule has 0 aliphatic rings.